The smallest absolute Gasteiger partial charge is 0.241 e. The molecule has 0 saturated carbocycles. The second kappa shape index (κ2) is 5.72. The summed E-state index contributed by atoms with van der Waals surface area (Å²) >= 11 is 0. The summed E-state index contributed by atoms with van der Waals surface area (Å²) in [6.07, 6.45) is 2.42. The molecule has 7 heteroatoms. The molecule has 0 radical (unpaired) electrons. The number of nitrogens with one attached hydrogen (secondary N) is 1. The molecule has 0 aliphatic heterocycles. The van der Waals surface area contributed by atoms with Crippen molar-refractivity contribution in [1.82, 2.24) is 19.5 Å². The molecule has 0 bridgehead atoms. The maximum Gasteiger partial charge on any atom is 0.241 e. The molecule has 6 nitrogen and oxygen atoms in total. The molecule has 2 aromatic rings. The van der Waals surface area contributed by atoms with Gasteiger partial charge in [-0.1, -0.05) is 19.1 Å². The topological polar surface area (TPSA) is 76.9 Å². The van der Waals surface area contributed by atoms with E-state index >= 15 is 0 Å². The van der Waals surface area contributed by atoms with Crippen LogP contribution in [0.15, 0.2) is 35.5 Å². The van der Waals surface area contributed by atoms with E-state index in [9.17, 15) is 8.42 Å². The highest BCUT2D eigenvalue weighted by molar-refractivity contribution is 7.89. The molecule has 1 aromatic carbocycles. The third-order valence-electron chi connectivity index (χ3n) is 3.11. The van der Waals surface area contributed by atoms with Gasteiger partial charge in [-0.25, -0.2) is 13.1 Å². The number of benzene rings is 1. The fraction of sp³-hybridized carbons (Fsp3) is 0.385. The summed E-state index contributed by atoms with van der Waals surface area (Å²) in [6, 6.07) is 6.43. The lowest BCUT2D eigenvalue weighted by molar-refractivity contribution is 0.553. The van der Waals surface area contributed by atoms with Crippen LogP contribution in [0.4, 0.5) is 0 Å². The van der Waals surface area contributed by atoms with Gasteiger partial charge in [0.2, 0.25) is 10.0 Å². The summed E-state index contributed by atoms with van der Waals surface area (Å²) in [7, 11) is -1.78. The van der Waals surface area contributed by atoms with Crippen molar-refractivity contribution in [2.24, 2.45) is 7.05 Å². The predicted octanol–water partition coefficient (Wildman–Crippen LogP) is 1.42. The average molecular weight is 294 g/mol. The van der Waals surface area contributed by atoms with Gasteiger partial charge in [-0.05, 0) is 31.0 Å². The van der Waals surface area contributed by atoms with Crippen molar-refractivity contribution < 1.29 is 8.42 Å². The number of nitrogens with zero attached hydrogens (tertiary/aromatic N) is 3. The Morgan fingerprint density at radius 2 is 1.95 bits per heavy atom. The Morgan fingerprint density at radius 1 is 1.30 bits per heavy atom. The lowest BCUT2D eigenvalue weighted by Crippen LogP contribution is -2.28. The van der Waals surface area contributed by atoms with Crippen LogP contribution in [-0.4, -0.2) is 23.2 Å². The number of hydrogen-bond acceptors (Lipinski definition) is 4. The van der Waals surface area contributed by atoms with Gasteiger partial charge in [0.1, 0.15) is 12.2 Å². The second-order valence-corrected chi connectivity index (χ2v) is 6.35. The van der Waals surface area contributed by atoms with Crippen molar-refractivity contribution in [3.8, 4) is 0 Å². The zero-order valence-corrected chi connectivity index (χ0v) is 12.6. The van der Waals surface area contributed by atoms with Crippen molar-refractivity contribution in [1.29, 1.82) is 0 Å². The molecular formula is C13H18N4O2S. The minimum atomic E-state index is -3.56. The van der Waals surface area contributed by atoms with Gasteiger partial charge in [-0.15, -0.1) is 10.2 Å². The lowest BCUT2D eigenvalue weighted by Gasteiger charge is -2.13. The molecule has 0 spiro atoms. The summed E-state index contributed by atoms with van der Waals surface area (Å²) in [5.74, 6) is 0.568. The Balaban J connectivity index is 2.20. The molecule has 0 aliphatic rings. The van der Waals surface area contributed by atoms with Crippen molar-refractivity contribution in [3.63, 3.8) is 0 Å². The molecular weight excluding hydrogens is 276 g/mol. The minimum absolute atomic E-state index is 0.253. The third-order valence-corrected chi connectivity index (χ3v) is 4.66. The SMILES string of the molecule is CCc1ccc(S(=O)(=O)N[C@H](C)c2nncn2C)cc1. The van der Waals surface area contributed by atoms with E-state index in [0.717, 1.165) is 12.0 Å². The van der Waals surface area contributed by atoms with E-state index in [2.05, 4.69) is 14.9 Å². The van der Waals surface area contributed by atoms with Crippen molar-refractivity contribution >= 4 is 10.0 Å². The molecule has 2 rings (SSSR count). The highest BCUT2D eigenvalue weighted by atomic mass is 32.2. The van der Waals surface area contributed by atoms with E-state index in [1.54, 1.807) is 30.7 Å². The zero-order chi connectivity index (χ0) is 14.8. The quantitative estimate of drug-likeness (QED) is 0.904. The van der Waals surface area contributed by atoms with Gasteiger partial charge in [0.25, 0.3) is 0 Å². The van der Waals surface area contributed by atoms with E-state index in [1.165, 1.54) is 6.33 Å². The standard InChI is InChI=1S/C13H18N4O2S/c1-4-11-5-7-12(8-6-11)20(18,19)16-10(2)13-15-14-9-17(13)3/h5-10,16H,4H2,1-3H3/t10-/m1/s1. The van der Waals surface area contributed by atoms with Crippen molar-refractivity contribution in [2.75, 3.05) is 0 Å². The van der Waals surface area contributed by atoms with Crippen LogP contribution in [0, 0.1) is 0 Å². The summed E-state index contributed by atoms with van der Waals surface area (Å²) in [6.45, 7) is 3.76. The first-order valence-electron chi connectivity index (χ1n) is 6.39. The first-order chi connectivity index (χ1) is 9.44. The van der Waals surface area contributed by atoms with Crippen molar-refractivity contribution in [3.05, 3.63) is 42.0 Å². The normalized spacial score (nSPS) is 13.3. The van der Waals surface area contributed by atoms with Crippen LogP contribution in [0.5, 0.6) is 0 Å². The molecule has 0 unspecified atom stereocenters. The van der Waals surface area contributed by atoms with Crippen LogP contribution in [0.3, 0.4) is 0 Å². The molecule has 1 N–H and O–H groups in total. The largest absolute Gasteiger partial charge is 0.319 e. The summed E-state index contributed by atoms with van der Waals surface area (Å²) in [4.78, 5) is 0.253. The van der Waals surface area contributed by atoms with Gasteiger partial charge < -0.3 is 4.57 Å². The molecule has 0 amide bonds. The Kier molecular flexibility index (Phi) is 4.20. The number of aromatic nitrogens is 3. The first kappa shape index (κ1) is 14.7. The van der Waals surface area contributed by atoms with Crippen molar-refractivity contribution in [2.45, 2.75) is 31.2 Å². The van der Waals surface area contributed by atoms with Gasteiger partial charge in [0.15, 0.2) is 0 Å². The number of sulfonamides is 1. The van der Waals surface area contributed by atoms with E-state index in [0.29, 0.717) is 5.82 Å². The second-order valence-electron chi connectivity index (χ2n) is 4.64. The fourth-order valence-electron chi connectivity index (χ4n) is 1.94. The van der Waals surface area contributed by atoms with E-state index < -0.39 is 16.1 Å². The minimum Gasteiger partial charge on any atom is -0.319 e. The van der Waals surface area contributed by atoms with Crippen LogP contribution in [0.25, 0.3) is 0 Å². The fourth-order valence-corrected chi connectivity index (χ4v) is 3.14. The van der Waals surface area contributed by atoms with Gasteiger partial charge in [-0.3, -0.25) is 0 Å². The molecule has 20 heavy (non-hydrogen) atoms. The van der Waals surface area contributed by atoms with Crippen LogP contribution in [0.2, 0.25) is 0 Å². The predicted molar refractivity (Wildman–Crippen MR) is 75.6 cm³/mol. The van der Waals surface area contributed by atoms with E-state index in [-0.39, 0.29) is 4.90 Å². The highest BCUT2D eigenvalue weighted by Gasteiger charge is 2.20. The molecule has 0 aliphatic carbocycles. The van der Waals surface area contributed by atoms with Crippen LogP contribution in [-0.2, 0) is 23.5 Å². The summed E-state index contributed by atoms with van der Waals surface area (Å²) < 4.78 is 28.9. The number of hydrogen-bond donors (Lipinski definition) is 1. The molecule has 1 atom stereocenters. The van der Waals surface area contributed by atoms with Gasteiger partial charge >= 0.3 is 0 Å². The Morgan fingerprint density at radius 3 is 2.45 bits per heavy atom. The molecule has 0 fully saturated rings. The van der Waals surface area contributed by atoms with Crippen LogP contribution >= 0.6 is 0 Å². The van der Waals surface area contributed by atoms with Gasteiger partial charge in [0, 0.05) is 7.05 Å². The number of rotatable bonds is 5. The molecule has 1 heterocycles. The Hall–Kier alpha value is -1.73. The highest BCUT2D eigenvalue weighted by Crippen LogP contribution is 2.15. The first-order valence-corrected chi connectivity index (χ1v) is 7.87. The Labute approximate surface area is 118 Å². The number of aryl methyl sites for hydroxylation is 2. The summed E-state index contributed by atoms with van der Waals surface area (Å²) in [5.41, 5.74) is 1.10. The zero-order valence-electron chi connectivity index (χ0n) is 11.7. The maximum atomic E-state index is 12.3. The lowest BCUT2D eigenvalue weighted by atomic mass is 10.2. The van der Waals surface area contributed by atoms with E-state index in [4.69, 9.17) is 0 Å². The monoisotopic (exact) mass is 294 g/mol. The molecule has 108 valence electrons. The molecule has 0 saturated heterocycles. The third kappa shape index (κ3) is 3.05. The maximum absolute atomic E-state index is 12.3. The average Bonchev–Trinajstić information content (AvgIpc) is 2.84. The van der Waals surface area contributed by atoms with Crippen LogP contribution < -0.4 is 4.72 Å². The van der Waals surface area contributed by atoms with E-state index in [1.807, 2.05) is 19.1 Å². The summed E-state index contributed by atoms with van der Waals surface area (Å²) in [5, 5.41) is 7.65. The van der Waals surface area contributed by atoms with Gasteiger partial charge in [-0.2, -0.15) is 0 Å². The Bertz CT molecular complexity index is 677. The van der Waals surface area contributed by atoms with Crippen LogP contribution in [0.1, 0.15) is 31.3 Å². The molecule has 1 aromatic heterocycles. The van der Waals surface area contributed by atoms with Gasteiger partial charge in [0.05, 0.1) is 10.9 Å².